The molecule has 0 aliphatic rings. The summed E-state index contributed by atoms with van der Waals surface area (Å²) < 4.78 is 37.5. The molecule has 0 aliphatic carbocycles. The number of hydrogen-bond donors (Lipinski definition) is 2. The highest BCUT2D eigenvalue weighted by molar-refractivity contribution is 5.91. The monoisotopic (exact) mass is 350 g/mol. The number of halogens is 3. The Morgan fingerprint density at radius 1 is 1.00 bits per heavy atom. The normalized spacial score (nSPS) is 11.3. The van der Waals surface area contributed by atoms with E-state index >= 15 is 0 Å². The fourth-order valence-electron chi connectivity index (χ4n) is 2.73. The van der Waals surface area contributed by atoms with Crippen LogP contribution in [-0.2, 0) is 11.0 Å². The van der Waals surface area contributed by atoms with Crippen molar-refractivity contribution in [3.63, 3.8) is 0 Å². The van der Waals surface area contributed by atoms with Crippen LogP contribution >= 0.6 is 0 Å². The number of carbonyl (C=O) groups excluding carboxylic acids is 1. The lowest BCUT2D eigenvalue weighted by molar-refractivity contribution is -0.137. The summed E-state index contributed by atoms with van der Waals surface area (Å²) in [5.74, 6) is -0.255. The number of benzene rings is 2. The topological polar surface area (TPSA) is 41.1 Å². The average molecular weight is 350 g/mol. The number of carbonyl (C=O) groups is 1. The molecule has 0 aliphatic heterocycles. The fraction of sp³-hybridized carbons (Fsp3) is 0.316. The van der Waals surface area contributed by atoms with Gasteiger partial charge in [0.15, 0.2) is 0 Å². The van der Waals surface area contributed by atoms with Gasteiger partial charge in [0.1, 0.15) is 0 Å². The zero-order valence-electron chi connectivity index (χ0n) is 14.4. The molecule has 0 atom stereocenters. The van der Waals surface area contributed by atoms with Crippen LogP contribution in [0.4, 0.5) is 24.5 Å². The van der Waals surface area contributed by atoms with Crippen molar-refractivity contribution in [2.24, 2.45) is 0 Å². The van der Waals surface area contributed by atoms with E-state index in [4.69, 9.17) is 0 Å². The molecule has 2 N–H and O–H groups in total. The van der Waals surface area contributed by atoms with Gasteiger partial charge in [-0.3, -0.25) is 4.79 Å². The van der Waals surface area contributed by atoms with Crippen molar-refractivity contribution < 1.29 is 18.0 Å². The molecule has 2 aromatic carbocycles. The molecule has 134 valence electrons. The predicted octanol–water partition coefficient (Wildman–Crippen LogP) is 5.07. The third-order valence-corrected chi connectivity index (χ3v) is 3.83. The molecule has 0 radical (unpaired) electrons. The summed E-state index contributed by atoms with van der Waals surface area (Å²) in [6, 6.07) is 8.54. The Kier molecular flexibility index (Phi) is 5.72. The first-order valence-corrected chi connectivity index (χ1v) is 7.95. The molecule has 0 bridgehead atoms. The molecule has 0 unspecified atom stereocenters. The first-order valence-electron chi connectivity index (χ1n) is 7.95. The molecular weight excluding hydrogens is 329 g/mol. The Morgan fingerprint density at radius 2 is 1.56 bits per heavy atom. The van der Waals surface area contributed by atoms with Crippen molar-refractivity contribution in [1.29, 1.82) is 0 Å². The maximum Gasteiger partial charge on any atom is 0.416 e. The number of amides is 1. The molecule has 0 saturated heterocycles. The van der Waals surface area contributed by atoms with Gasteiger partial charge in [0.05, 0.1) is 5.56 Å². The number of anilines is 2. The molecule has 0 aromatic heterocycles. The van der Waals surface area contributed by atoms with E-state index in [9.17, 15) is 18.0 Å². The zero-order valence-corrected chi connectivity index (χ0v) is 14.4. The van der Waals surface area contributed by atoms with Crippen LogP contribution in [0.25, 0.3) is 0 Å². The SMILES string of the molecule is Cc1cc(C)c(NCCC(=O)Nc2ccc(C(F)(F)F)cc2)c(C)c1. The highest BCUT2D eigenvalue weighted by atomic mass is 19.4. The third kappa shape index (κ3) is 5.24. The summed E-state index contributed by atoms with van der Waals surface area (Å²) >= 11 is 0. The summed E-state index contributed by atoms with van der Waals surface area (Å²) in [5.41, 5.74) is 4.02. The van der Waals surface area contributed by atoms with E-state index in [0.29, 0.717) is 12.2 Å². The van der Waals surface area contributed by atoms with E-state index in [1.54, 1.807) is 0 Å². The number of nitrogens with one attached hydrogen (secondary N) is 2. The lowest BCUT2D eigenvalue weighted by Crippen LogP contribution is -2.17. The van der Waals surface area contributed by atoms with Crippen LogP contribution in [0.1, 0.15) is 28.7 Å². The van der Waals surface area contributed by atoms with Crippen LogP contribution in [-0.4, -0.2) is 12.5 Å². The van der Waals surface area contributed by atoms with Gasteiger partial charge in [-0.05, 0) is 56.2 Å². The van der Waals surface area contributed by atoms with Gasteiger partial charge in [-0.1, -0.05) is 17.7 Å². The average Bonchev–Trinajstić information content (AvgIpc) is 2.49. The summed E-state index contributed by atoms with van der Waals surface area (Å²) in [6.45, 7) is 6.48. The molecule has 0 spiro atoms. The summed E-state index contributed by atoms with van der Waals surface area (Å²) in [5, 5.41) is 5.84. The smallest absolute Gasteiger partial charge is 0.384 e. The molecular formula is C19H21F3N2O. The number of aryl methyl sites for hydroxylation is 3. The summed E-state index contributed by atoms with van der Waals surface area (Å²) in [4.78, 5) is 11.9. The predicted molar refractivity (Wildman–Crippen MR) is 93.8 cm³/mol. The van der Waals surface area contributed by atoms with Crippen LogP contribution in [0.15, 0.2) is 36.4 Å². The lowest BCUT2D eigenvalue weighted by atomic mass is 10.1. The van der Waals surface area contributed by atoms with Gasteiger partial charge in [-0.25, -0.2) is 0 Å². The van der Waals surface area contributed by atoms with Gasteiger partial charge >= 0.3 is 6.18 Å². The van der Waals surface area contributed by atoms with Crippen molar-refractivity contribution in [3.8, 4) is 0 Å². The fourth-order valence-corrected chi connectivity index (χ4v) is 2.73. The maximum absolute atomic E-state index is 12.5. The van der Waals surface area contributed by atoms with Crippen LogP contribution < -0.4 is 10.6 Å². The molecule has 2 aromatic rings. The highest BCUT2D eigenvalue weighted by Gasteiger charge is 2.29. The molecule has 25 heavy (non-hydrogen) atoms. The third-order valence-electron chi connectivity index (χ3n) is 3.83. The van der Waals surface area contributed by atoms with Crippen molar-refractivity contribution >= 4 is 17.3 Å². The van der Waals surface area contributed by atoms with Gasteiger partial charge in [0.25, 0.3) is 0 Å². The Bertz CT molecular complexity index is 729. The van der Waals surface area contributed by atoms with Crippen molar-refractivity contribution in [2.45, 2.75) is 33.4 Å². The van der Waals surface area contributed by atoms with Gasteiger partial charge < -0.3 is 10.6 Å². The maximum atomic E-state index is 12.5. The van der Waals surface area contributed by atoms with Crippen molar-refractivity contribution in [1.82, 2.24) is 0 Å². The molecule has 2 rings (SSSR count). The van der Waals surface area contributed by atoms with Crippen molar-refractivity contribution in [3.05, 3.63) is 58.7 Å². The van der Waals surface area contributed by atoms with E-state index in [1.807, 2.05) is 20.8 Å². The van der Waals surface area contributed by atoms with E-state index in [1.165, 1.54) is 17.7 Å². The van der Waals surface area contributed by atoms with Gasteiger partial charge in [0, 0.05) is 24.3 Å². The van der Waals surface area contributed by atoms with E-state index in [0.717, 1.165) is 28.9 Å². The van der Waals surface area contributed by atoms with Gasteiger partial charge in [0.2, 0.25) is 5.91 Å². The molecule has 0 heterocycles. The van der Waals surface area contributed by atoms with Gasteiger partial charge in [-0.15, -0.1) is 0 Å². The number of alkyl halides is 3. The quantitative estimate of drug-likeness (QED) is 0.790. The lowest BCUT2D eigenvalue weighted by Gasteiger charge is -2.14. The minimum atomic E-state index is -4.38. The summed E-state index contributed by atoms with van der Waals surface area (Å²) in [7, 11) is 0. The minimum Gasteiger partial charge on any atom is -0.384 e. The molecule has 3 nitrogen and oxygen atoms in total. The van der Waals surface area contributed by atoms with E-state index < -0.39 is 11.7 Å². The molecule has 6 heteroatoms. The zero-order chi connectivity index (χ0) is 18.6. The molecule has 0 fully saturated rings. The van der Waals surface area contributed by atoms with Crippen molar-refractivity contribution in [2.75, 3.05) is 17.2 Å². The Balaban J connectivity index is 1.87. The largest absolute Gasteiger partial charge is 0.416 e. The first kappa shape index (κ1) is 18.8. The van der Waals surface area contributed by atoms with E-state index in [-0.39, 0.29) is 12.3 Å². The van der Waals surface area contributed by atoms with Crippen LogP contribution in [0.3, 0.4) is 0 Å². The summed E-state index contributed by atoms with van der Waals surface area (Å²) in [6.07, 6.45) is -4.16. The van der Waals surface area contributed by atoms with Crippen LogP contribution in [0.5, 0.6) is 0 Å². The minimum absolute atomic E-state index is 0.216. The van der Waals surface area contributed by atoms with Crippen LogP contribution in [0.2, 0.25) is 0 Å². The highest BCUT2D eigenvalue weighted by Crippen LogP contribution is 2.29. The molecule has 1 amide bonds. The Labute approximate surface area is 145 Å². The van der Waals surface area contributed by atoms with E-state index in [2.05, 4.69) is 22.8 Å². The Morgan fingerprint density at radius 3 is 2.08 bits per heavy atom. The second-order valence-corrected chi connectivity index (χ2v) is 6.07. The Hall–Kier alpha value is -2.50. The number of hydrogen-bond acceptors (Lipinski definition) is 2. The van der Waals surface area contributed by atoms with Crippen LogP contribution in [0, 0.1) is 20.8 Å². The second kappa shape index (κ2) is 7.59. The first-order chi connectivity index (χ1) is 11.7. The molecule has 0 saturated carbocycles. The number of rotatable bonds is 5. The standard InChI is InChI=1S/C19H21F3N2O/c1-12-10-13(2)18(14(3)11-12)23-9-8-17(25)24-16-6-4-15(5-7-16)19(20,21)22/h4-7,10-11,23H,8-9H2,1-3H3,(H,24,25). The van der Waals surface area contributed by atoms with Gasteiger partial charge in [-0.2, -0.15) is 13.2 Å². The second-order valence-electron chi connectivity index (χ2n) is 6.07.